The van der Waals surface area contributed by atoms with Gasteiger partial charge in [0.05, 0.1) is 22.1 Å². The first-order valence-corrected chi connectivity index (χ1v) is 9.31. The minimum absolute atomic E-state index is 0.0139. The van der Waals surface area contributed by atoms with Crippen LogP contribution in [0.4, 0.5) is 24.5 Å². The first-order chi connectivity index (χ1) is 13.7. The average molecular weight is 433 g/mol. The van der Waals surface area contributed by atoms with Crippen molar-refractivity contribution >= 4 is 23.0 Å². The number of benzene rings is 2. The van der Waals surface area contributed by atoms with Crippen LogP contribution in [0.2, 0.25) is 5.02 Å². The number of hydrogen-bond donors (Lipinski definition) is 1. The second kappa shape index (κ2) is 10.3. The van der Waals surface area contributed by atoms with Crippen molar-refractivity contribution in [2.75, 3.05) is 12.1 Å². The van der Waals surface area contributed by atoms with E-state index in [0.717, 1.165) is 43.9 Å². The van der Waals surface area contributed by atoms with Crippen molar-refractivity contribution in [2.45, 2.75) is 38.8 Å². The zero-order valence-electron chi connectivity index (χ0n) is 15.6. The summed E-state index contributed by atoms with van der Waals surface area (Å²) in [5, 5.41) is 11.0. The van der Waals surface area contributed by atoms with Gasteiger partial charge in [-0.1, -0.05) is 37.8 Å². The van der Waals surface area contributed by atoms with Gasteiger partial charge in [-0.05, 0) is 30.7 Å². The molecule has 0 heterocycles. The lowest BCUT2D eigenvalue weighted by molar-refractivity contribution is -0.384. The van der Waals surface area contributed by atoms with Gasteiger partial charge in [-0.15, -0.1) is 0 Å². The predicted molar refractivity (Wildman–Crippen MR) is 103 cm³/mol. The van der Waals surface area contributed by atoms with Crippen LogP contribution >= 0.6 is 11.6 Å². The molecule has 0 aliphatic rings. The van der Waals surface area contributed by atoms with Gasteiger partial charge in [-0.2, -0.15) is 13.2 Å². The molecule has 29 heavy (non-hydrogen) atoms. The molecule has 2 aromatic carbocycles. The largest absolute Gasteiger partial charge is 0.456 e. The van der Waals surface area contributed by atoms with Crippen molar-refractivity contribution in [3.63, 3.8) is 0 Å². The molecule has 0 fully saturated rings. The van der Waals surface area contributed by atoms with Crippen LogP contribution in [0, 0.1) is 10.1 Å². The Bertz CT molecular complexity index is 847. The second-order valence-electron chi connectivity index (χ2n) is 6.19. The summed E-state index contributed by atoms with van der Waals surface area (Å²) in [6.45, 7) is 2.45. The zero-order chi connectivity index (χ0) is 21.4. The van der Waals surface area contributed by atoms with E-state index in [-0.39, 0.29) is 27.9 Å². The van der Waals surface area contributed by atoms with Gasteiger partial charge in [-0.3, -0.25) is 20.4 Å². The Morgan fingerprint density at radius 2 is 1.90 bits per heavy atom. The number of hydrogen-bond acceptors (Lipinski definition) is 5. The molecule has 0 saturated heterocycles. The maximum Gasteiger partial charge on any atom is 0.416 e. The fourth-order valence-corrected chi connectivity index (χ4v) is 2.66. The predicted octanol–water partition coefficient (Wildman–Crippen LogP) is 6.98. The lowest BCUT2D eigenvalue weighted by Crippen LogP contribution is -2.06. The van der Waals surface area contributed by atoms with E-state index in [4.69, 9.17) is 21.2 Å². The van der Waals surface area contributed by atoms with E-state index >= 15 is 0 Å². The number of alkyl halides is 3. The number of rotatable bonds is 10. The maximum atomic E-state index is 12.7. The van der Waals surface area contributed by atoms with Crippen LogP contribution in [-0.2, 0) is 11.0 Å². The van der Waals surface area contributed by atoms with E-state index in [0.29, 0.717) is 6.61 Å². The Labute approximate surface area is 170 Å². The van der Waals surface area contributed by atoms with E-state index in [1.807, 2.05) is 0 Å². The van der Waals surface area contributed by atoms with Gasteiger partial charge in [0.15, 0.2) is 0 Å². The molecule has 0 aliphatic carbocycles. The summed E-state index contributed by atoms with van der Waals surface area (Å²) in [4.78, 5) is 15.9. The van der Waals surface area contributed by atoms with Crippen LogP contribution in [0.5, 0.6) is 11.5 Å². The lowest BCUT2D eigenvalue weighted by Gasteiger charge is -2.13. The van der Waals surface area contributed by atoms with Crippen LogP contribution in [0.25, 0.3) is 0 Å². The van der Waals surface area contributed by atoms with Crippen LogP contribution in [-0.4, -0.2) is 11.5 Å². The number of nitro groups is 1. The van der Waals surface area contributed by atoms with E-state index in [9.17, 15) is 23.3 Å². The first kappa shape index (κ1) is 22.8. The molecule has 0 saturated carbocycles. The Balaban J connectivity index is 2.12. The Morgan fingerprint density at radius 3 is 2.52 bits per heavy atom. The molecule has 0 aliphatic heterocycles. The van der Waals surface area contributed by atoms with Gasteiger partial charge in [0.1, 0.15) is 17.2 Å². The molecule has 1 N–H and O–H groups in total. The number of nitro benzene ring substituents is 1. The Morgan fingerprint density at radius 1 is 1.14 bits per heavy atom. The van der Waals surface area contributed by atoms with Crippen molar-refractivity contribution in [1.82, 2.24) is 0 Å². The summed E-state index contributed by atoms with van der Waals surface area (Å²) < 4.78 is 43.7. The van der Waals surface area contributed by atoms with Gasteiger partial charge in [0.25, 0.3) is 5.69 Å². The third-order valence-corrected chi connectivity index (χ3v) is 4.23. The number of halogens is 4. The molecular formula is C19H20ClF3N2O4. The topological polar surface area (TPSA) is 73.6 Å². The summed E-state index contributed by atoms with van der Waals surface area (Å²) in [5.74, 6) is 0.134. The molecule has 0 bridgehead atoms. The number of nitrogens with zero attached hydrogens (tertiary/aromatic N) is 1. The highest BCUT2D eigenvalue weighted by atomic mass is 35.5. The summed E-state index contributed by atoms with van der Waals surface area (Å²) in [7, 11) is 0. The maximum absolute atomic E-state index is 12.7. The van der Waals surface area contributed by atoms with E-state index in [1.54, 1.807) is 0 Å². The molecule has 0 amide bonds. The van der Waals surface area contributed by atoms with Gasteiger partial charge >= 0.3 is 6.18 Å². The molecule has 2 aromatic rings. The van der Waals surface area contributed by atoms with Crippen molar-refractivity contribution in [3.05, 3.63) is 57.1 Å². The number of ether oxygens (including phenoxy) is 1. The van der Waals surface area contributed by atoms with Crippen LogP contribution < -0.4 is 10.2 Å². The number of anilines is 1. The molecule has 6 nitrogen and oxygen atoms in total. The van der Waals surface area contributed by atoms with Crippen molar-refractivity contribution in [2.24, 2.45) is 0 Å². The third kappa shape index (κ3) is 6.79. The van der Waals surface area contributed by atoms with Gasteiger partial charge < -0.3 is 4.74 Å². The Hall–Kier alpha value is -2.52. The molecule has 158 valence electrons. The summed E-state index contributed by atoms with van der Waals surface area (Å²) in [5.41, 5.74) is 1.46. The zero-order valence-corrected chi connectivity index (χ0v) is 16.3. The standard InChI is InChI=1S/C19H20ClF3N2O4/c1-2-3-4-5-10-28-24-16-12-14(7-8-17(16)25(26)27)29-18-9-6-13(11-15(18)20)19(21,22)23/h6-9,11-12,24H,2-5,10H2,1H3. The highest BCUT2D eigenvalue weighted by Crippen LogP contribution is 2.38. The number of nitrogens with one attached hydrogen (secondary N) is 1. The summed E-state index contributed by atoms with van der Waals surface area (Å²) in [6.07, 6.45) is -0.603. The third-order valence-electron chi connectivity index (χ3n) is 3.93. The molecule has 0 radical (unpaired) electrons. The molecule has 0 unspecified atom stereocenters. The second-order valence-corrected chi connectivity index (χ2v) is 6.60. The average Bonchev–Trinajstić information content (AvgIpc) is 2.65. The van der Waals surface area contributed by atoms with E-state index < -0.39 is 16.7 Å². The van der Waals surface area contributed by atoms with Gasteiger partial charge in [0.2, 0.25) is 0 Å². The lowest BCUT2D eigenvalue weighted by atomic mass is 10.2. The monoisotopic (exact) mass is 432 g/mol. The van der Waals surface area contributed by atoms with Crippen LogP contribution in [0.3, 0.4) is 0 Å². The van der Waals surface area contributed by atoms with Crippen molar-refractivity contribution in [1.29, 1.82) is 0 Å². The minimum atomic E-state index is -4.53. The highest BCUT2D eigenvalue weighted by Gasteiger charge is 2.31. The molecule has 0 atom stereocenters. The van der Waals surface area contributed by atoms with Crippen molar-refractivity contribution < 1.29 is 27.7 Å². The first-order valence-electron chi connectivity index (χ1n) is 8.93. The van der Waals surface area contributed by atoms with Crippen molar-refractivity contribution in [3.8, 4) is 11.5 Å². The smallest absolute Gasteiger partial charge is 0.416 e. The molecular weight excluding hydrogens is 413 g/mol. The highest BCUT2D eigenvalue weighted by molar-refractivity contribution is 6.32. The molecule has 10 heteroatoms. The van der Waals surface area contributed by atoms with E-state index in [1.165, 1.54) is 18.2 Å². The Kier molecular flexibility index (Phi) is 8.10. The number of unbranched alkanes of at least 4 members (excludes halogenated alkanes) is 3. The van der Waals surface area contributed by atoms with Gasteiger partial charge in [-0.25, -0.2) is 0 Å². The summed E-state index contributed by atoms with van der Waals surface area (Å²) in [6, 6.07) is 6.52. The normalized spacial score (nSPS) is 11.3. The van der Waals surface area contributed by atoms with E-state index in [2.05, 4.69) is 12.4 Å². The van der Waals surface area contributed by atoms with Crippen LogP contribution in [0.1, 0.15) is 38.2 Å². The molecule has 2 rings (SSSR count). The quantitative estimate of drug-likeness (QED) is 0.249. The fourth-order valence-electron chi connectivity index (χ4n) is 2.44. The summed E-state index contributed by atoms with van der Waals surface area (Å²) >= 11 is 5.88. The molecule has 0 spiro atoms. The SMILES string of the molecule is CCCCCCONc1cc(Oc2ccc(C(F)(F)F)cc2Cl)ccc1[N+](=O)[O-]. The van der Waals surface area contributed by atoms with Gasteiger partial charge in [0, 0.05) is 12.1 Å². The molecule has 0 aromatic heterocycles. The fraction of sp³-hybridized carbons (Fsp3) is 0.368. The van der Waals surface area contributed by atoms with Crippen LogP contribution in [0.15, 0.2) is 36.4 Å². The minimum Gasteiger partial charge on any atom is -0.456 e.